The lowest BCUT2D eigenvalue weighted by Crippen LogP contribution is -2.32. The molecule has 4 heteroatoms. The van der Waals surface area contributed by atoms with Crippen LogP contribution in [0.3, 0.4) is 0 Å². The second-order valence-electron chi connectivity index (χ2n) is 5.02. The monoisotopic (exact) mass is 250 g/mol. The molecular weight excluding hydrogens is 228 g/mol. The van der Waals surface area contributed by atoms with Gasteiger partial charge >= 0.3 is 0 Å². The van der Waals surface area contributed by atoms with Crippen LogP contribution < -0.4 is 5.32 Å². The summed E-state index contributed by atoms with van der Waals surface area (Å²) in [5, 5.41) is 13.0. The van der Waals surface area contributed by atoms with Crippen LogP contribution in [0.5, 0.6) is 0 Å². The summed E-state index contributed by atoms with van der Waals surface area (Å²) < 4.78 is 5.45. The summed E-state index contributed by atoms with van der Waals surface area (Å²) in [5.41, 5.74) is 0.989. The topological polar surface area (TPSA) is 54.4 Å². The van der Waals surface area contributed by atoms with E-state index in [4.69, 9.17) is 4.74 Å². The Morgan fingerprint density at radius 3 is 3.00 bits per heavy atom. The zero-order valence-electron chi connectivity index (χ0n) is 10.9. The van der Waals surface area contributed by atoms with Crippen LogP contribution in [0.1, 0.15) is 31.5 Å². The van der Waals surface area contributed by atoms with Gasteiger partial charge in [0, 0.05) is 25.4 Å². The average molecular weight is 250 g/mol. The number of ether oxygens (including phenoxy) is 1. The van der Waals surface area contributed by atoms with Crippen molar-refractivity contribution in [2.45, 2.75) is 31.9 Å². The number of rotatable bonds is 8. The first-order valence-corrected chi connectivity index (χ1v) is 6.66. The van der Waals surface area contributed by atoms with E-state index in [9.17, 15) is 5.11 Å². The molecule has 1 fully saturated rings. The van der Waals surface area contributed by atoms with E-state index < -0.39 is 6.10 Å². The Bertz CT molecular complexity index is 341. The lowest BCUT2D eigenvalue weighted by Gasteiger charge is -2.16. The minimum atomic E-state index is -0.449. The molecule has 1 aliphatic rings. The van der Waals surface area contributed by atoms with E-state index >= 15 is 0 Å². The van der Waals surface area contributed by atoms with Crippen LogP contribution in [0.4, 0.5) is 0 Å². The lowest BCUT2D eigenvalue weighted by molar-refractivity contribution is 0.0314. The Hall–Kier alpha value is -0.970. The van der Waals surface area contributed by atoms with Crippen LogP contribution in [0.2, 0.25) is 0 Å². The molecule has 2 N–H and O–H groups in total. The Morgan fingerprint density at radius 2 is 2.33 bits per heavy atom. The van der Waals surface area contributed by atoms with Gasteiger partial charge in [0.2, 0.25) is 0 Å². The lowest BCUT2D eigenvalue weighted by atomic mass is 10.2. The Labute approximate surface area is 108 Å². The van der Waals surface area contributed by atoms with Gasteiger partial charge in [0.25, 0.3) is 0 Å². The Kier molecular flexibility index (Phi) is 5.11. The van der Waals surface area contributed by atoms with E-state index in [1.807, 2.05) is 25.1 Å². The molecule has 2 atom stereocenters. The third kappa shape index (κ3) is 4.72. The first kappa shape index (κ1) is 13.5. The van der Waals surface area contributed by atoms with Crippen molar-refractivity contribution in [3.05, 3.63) is 30.1 Å². The standard InChI is InChI=1S/C14H22N2O2/c1-11(14-4-2-3-7-15-14)16-8-13(17)10-18-9-12-5-6-12/h2-4,7,11-13,16-17H,5-6,8-10H2,1H3/t11-,13?/m0/s1. The molecular formula is C14H22N2O2. The highest BCUT2D eigenvalue weighted by atomic mass is 16.5. The fourth-order valence-electron chi connectivity index (χ4n) is 1.76. The Morgan fingerprint density at radius 1 is 1.50 bits per heavy atom. The van der Waals surface area contributed by atoms with Gasteiger partial charge in [-0.1, -0.05) is 6.07 Å². The van der Waals surface area contributed by atoms with Gasteiger partial charge in [-0.2, -0.15) is 0 Å². The first-order chi connectivity index (χ1) is 8.75. The molecule has 0 spiro atoms. The highest BCUT2D eigenvalue weighted by Gasteiger charge is 2.21. The molecule has 18 heavy (non-hydrogen) atoms. The molecule has 0 bridgehead atoms. The molecule has 1 heterocycles. The fraction of sp³-hybridized carbons (Fsp3) is 0.643. The van der Waals surface area contributed by atoms with Crippen LogP contribution in [0.25, 0.3) is 0 Å². The van der Waals surface area contributed by atoms with Crippen molar-refractivity contribution in [1.82, 2.24) is 10.3 Å². The summed E-state index contributed by atoms with van der Waals surface area (Å²) in [5.74, 6) is 0.748. The maximum Gasteiger partial charge on any atom is 0.0897 e. The highest BCUT2D eigenvalue weighted by Crippen LogP contribution is 2.28. The molecule has 1 unspecified atom stereocenters. The average Bonchev–Trinajstić information content (AvgIpc) is 3.21. The van der Waals surface area contributed by atoms with Crippen molar-refractivity contribution in [3.8, 4) is 0 Å². The van der Waals surface area contributed by atoms with Crippen LogP contribution in [-0.4, -0.2) is 36.0 Å². The van der Waals surface area contributed by atoms with Gasteiger partial charge in [0.05, 0.1) is 18.4 Å². The summed E-state index contributed by atoms with van der Waals surface area (Å²) >= 11 is 0. The van der Waals surface area contributed by atoms with Gasteiger partial charge in [-0.25, -0.2) is 0 Å². The van der Waals surface area contributed by atoms with Crippen molar-refractivity contribution >= 4 is 0 Å². The van der Waals surface area contributed by atoms with Crippen LogP contribution in [-0.2, 0) is 4.74 Å². The smallest absolute Gasteiger partial charge is 0.0897 e. The van der Waals surface area contributed by atoms with E-state index in [0.29, 0.717) is 13.2 Å². The molecule has 2 rings (SSSR count). The SMILES string of the molecule is C[C@H](NCC(O)COCC1CC1)c1ccccn1. The summed E-state index contributed by atoms with van der Waals surface area (Å²) in [7, 11) is 0. The van der Waals surface area contributed by atoms with Crippen LogP contribution in [0.15, 0.2) is 24.4 Å². The molecule has 4 nitrogen and oxygen atoms in total. The molecule has 1 aliphatic carbocycles. The molecule has 1 aromatic rings. The number of hydrogen-bond acceptors (Lipinski definition) is 4. The number of nitrogens with zero attached hydrogens (tertiary/aromatic N) is 1. The number of aromatic nitrogens is 1. The molecule has 100 valence electrons. The zero-order valence-corrected chi connectivity index (χ0v) is 10.9. The molecule has 0 aliphatic heterocycles. The minimum Gasteiger partial charge on any atom is -0.389 e. The fourth-order valence-corrected chi connectivity index (χ4v) is 1.76. The van der Waals surface area contributed by atoms with Crippen molar-refractivity contribution < 1.29 is 9.84 Å². The van der Waals surface area contributed by atoms with Gasteiger partial charge in [-0.3, -0.25) is 4.98 Å². The van der Waals surface area contributed by atoms with Gasteiger partial charge in [0.1, 0.15) is 0 Å². The van der Waals surface area contributed by atoms with E-state index in [-0.39, 0.29) is 6.04 Å². The minimum absolute atomic E-state index is 0.143. The summed E-state index contributed by atoms with van der Waals surface area (Å²) in [6.45, 7) is 3.79. The Balaban J connectivity index is 1.60. The van der Waals surface area contributed by atoms with Crippen LogP contribution in [0, 0.1) is 5.92 Å². The molecule has 0 radical (unpaired) electrons. The molecule has 0 amide bonds. The predicted octanol–water partition coefficient (Wildman–Crippen LogP) is 1.52. The molecule has 1 aromatic heterocycles. The van der Waals surface area contributed by atoms with Crippen molar-refractivity contribution in [2.24, 2.45) is 5.92 Å². The number of aliphatic hydroxyl groups is 1. The highest BCUT2D eigenvalue weighted by molar-refractivity contribution is 5.07. The second kappa shape index (κ2) is 6.83. The largest absolute Gasteiger partial charge is 0.389 e. The molecule has 0 aromatic carbocycles. The van der Waals surface area contributed by atoms with E-state index in [1.54, 1.807) is 6.20 Å². The molecule has 1 saturated carbocycles. The number of nitrogens with one attached hydrogen (secondary N) is 1. The zero-order chi connectivity index (χ0) is 12.8. The van der Waals surface area contributed by atoms with Gasteiger partial charge in [0.15, 0.2) is 0 Å². The van der Waals surface area contributed by atoms with Crippen molar-refractivity contribution in [1.29, 1.82) is 0 Å². The van der Waals surface area contributed by atoms with Gasteiger partial charge < -0.3 is 15.2 Å². The third-order valence-electron chi connectivity index (χ3n) is 3.15. The van der Waals surface area contributed by atoms with Crippen molar-refractivity contribution in [3.63, 3.8) is 0 Å². The normalized spacial score (nSPS) is 18.6. The first-order valence-electron chi connectivity index (χ1n) is 6.66. The van der Waals surface area contributed by atoms with E-state index in [2.05, 4.69) is 10.3 Å². The van der Waals surface area contributed by atoms with Crippen molar-refractivity contribution in [2.75, 3.05) is 19.8 Å². The second-order valence-corrected chi connectivity index (χ2v) is 5.02. The maximum atomic E-state index is 9.77. The summed E-state index contributed by atoms with van der Waals surface area (Å²) in [6.07, 6.45) is 3.90. The van der Waals surface area contributed by atoms with E-state index in [1.165, 1.54) is 12.8 Å². The molecule has 0 saturated heterocycles. The summed E-state index contributed by atoms with van der Waals surface area (Å²) in [6, 6.07) is 5.99. The van der Waals surface area contributed by atoms with Gasteiger partial charge in [-0.05, 0) is 37.8 Å². The third-order valence-corrected chi connectivity index (χ3v) is 3.15. The summed E-state index contributed by atoms with van der Waals surface area (Å²) in [4.78, 5) is 4.27. The number of hydrogen-bond donors (Lipinski definition) is 2. The predicted molar refractivity (Wildman–Crippen MR) is 70.2 cm³/mol. The number of pyridine rings is 1. The van der Waals surface area contributed by atoms with E-state index in [0.717, 1.165) is 18.2 Å². The maximum absolute atomic E-state index is 9.77. The number of aliphatic hydroxyl groups excluding tert-OH is 1. The van der Waals surface area contributed by atoms with Crippen LogP contribution >= 0.6 is 0 Å². The quantitative estimate of drug-likeness (QED) is 0.734. The van der Waals surface area contributed by atoms with Gasteiger partial charge in [-0.15, -0.1) is 0 Å².